The topological polar surface area (TPSA) is 72.2 Å². The average Bonchev–Trinajstić information content (AvgIpc) is 2.69. The Morgan fingerprint density at radius 2 is 1.80 bits per heavy atom. The first-order valence-corrected chi connectivity index (χ1v) is 7.90. The number of benzene rings is 1. The number of rotatable bonds is 4. The van der Waals surface area contributed by atoms with Crippen molar-refractivity contribution < 1.29 is 17.2 Å². The van der Waals surface area contributed by atoms with E-state index < -0.39 is 21.7 Å². The number of halogens is 2. The molecule has 0 unspecified atom stereocenters. The molecule has 1 aromatic heterocycles. The highest BCUT2D eigenvalue weighted by atomic mass is 32.2. The quantitative estimate of drug-likeness (QED) is 0.910. The van der Waals surface area contributed by atoms with Crippen LogP contribution in [0.1, 0.15) is 10.4 Å². The fraction of sp³-hybridized carbons (Fsp3) is 0.167. The van der Waals surface area contributed by atoms with E-state index in [1.165, 1.54) is 6.07 Å². The molecule has 108 valence electrons. The molecule has 0 fully saturated rings. The van der Waals surface area contributed by atoms with Gasteiger partial charge < -0.3 is 5.73 Å². The Bertz CT molecular complexity index is 722. The van der Waals surface area contributed by atoms with Crippen LogP contribution in [0.15, 0.2) is 28.5 Å². The van der Waals surface area contributed by atoms with Crippen LogP contribution in [-0.4, -0.2) is 8.42 Å². The molecule has 0 saturated carbocycles. The van der Waals surface area contributed by atoms with E-state index in [0.717, 1.165) is 33.9 Å². The first-order chi connectivity index (χ1) is 9.31. The molecule has 2 aromatic rings. The lowest BCUT2D eigenvalue weighted by atomic mass is 10.3. The second-order valence-electron chi connectivity index (χ2n) is 4.14. The number of aryl methyl sites for hydroxylation is 1. The molecule has 2 rings (SSSR count). The van der Waals surface area contributed by atoms with Gasteiger partial charge in [0.2, 0.25) is 0 Å². The Hall–Kier alpha value is -1.51. The zero-order valence-corrected chi connectivity index (χ0v) is 12.1. The molecular weight excluding hydrogens is 306 g/mol. The first kappa shape index (κ1) is 14.9. The van der Waals surface area contributed by atoms with Crippen molar-refractivity contribution in [2.24, 2.45) is 5.73 Å². The second-order valence-corrected chi connectivity index (χ2v) is 7.19. The standard InChI is InChI=1S/C12H12F2N2O2S2/c1-7-2-12(19-11(7)6-15)20(17,18)16-10-4-8(13)3-9(14)5-10/h2-5,16H,6,15H2,1H3. The van der Waals surface area contributed by atoms with Crippen LogP contribution in [0.25, 0.3) is 0 Å². The Morgan fingerprint density at radius 3 is 2.30 bits per heavy atom. The molecule has 3 N–H and O–H groups in total. The molecule has 8 heteroatoms. The summed E-state index contributed by atoms with van der Waals surface area (Å²) in [7, 11) is -3.88. The Labute approximate surface area is 119 Å². The lowest BCUT2D eigenvalue weighted by Crippen LogP contribution is -2.11. The number of hydrogen-bond acceptors (Lipinski definition) is 4. The third-order valence-electron chi connectivity index (χ3n) is 2.56. The van der Waals surface area contributed by atoms with Gasteiger partial charge in [-0.1, -0.05) is 0 Å². The number of sulfonamides is 1. The highest BCUT2D eigenvalue weighted by Crippen LogP contribution is 2.27. The summed E-state index contributed by atoms with van der Waals surface area (Å²) in [5.74, 6) is -1.71. The van der Waals surface area contributed by atoms with Crippen LogP contribution in [-0.2, 0) is 16.6 Å². The van der Waals surface area contributed by atoms with Gasteiger partial charge in [0.1, 0.15) is 15.8 Å². The molecule has 1 aromatic carbocycles. The van der Waals surface area contributed by atoms with Crippen LogP contribution < -0.4 is 10.5 Å². The Balaban J connectivity index is 2.35. The maximum atomic E-state index is 13.0. The van der Waals surface area contributed by atoms with Crippen LogP contribution in [0.2, 0.25) is 0 Å². The van der Waals surface area contributed by atoms with Crippen molar-refractivity contribution in [1.29, 1.82) is 0 Å². The summed E-state index contributed by atoms with van der Waals surface area (Å²) in [5.41, 5.74) is 6.10. The van der Waals surface area contributed by atoms with Gasteiger partial charge in [0.05, 0.1) is 5.69 Å². The molecule has 0 atom stereocenters. The average molecular weight is 318 g/mol. The molecule has 0 spiro atoms. The van der Waals surface area contributed by atoms with Crippen molar-refractivity contribution in [3.8, 4) is 0 Å². The van der Waals surface area contributed by atoms with Gasteiger partial charge in [-0.05, 0) is 30.7 Å². The van der Waals surface area contributed by atoms with E-state index in [0.29, 0.717) is 6.07 Å². The largest absolute Gasteiger partial charge is 0.326 e. The van der Waals surface area contributed by atoms with E-state index in [9.17, 15) is 17.2 Å². The maximum absolute atomic E-state index is 13.0. The zero-order chi connectivity index (χ0) is 14.9. The molecule has 0 aliphatic carbocycles. The van der Waals surface area contributed by atoms with Crippen LogP contribution in [0.4, 0.5) is 14.5 Å². The fourth-order valence-electron chi connectivity index (χ4n) is 1.64. The number of thiophene rings is 1. The monoisotopic (exact) mass is 318 g/mol. The Kier molecular flexibility index (Phi) is 4.07. The van der Waals surface area contributed by atoms with Crippen LogP contribution in [0, 0.1) is 18.6 Å². The van der Waals surface area contributed by atoms with Crippen molar-refractivity contribution in [3.63, 3.8) is 0 Å². The minimum Gasteiger partial charge on any atom is -0.326 e. The molecule has 0 amide bonds. The van der Waals surface area contributed by atoms with Gasteiger partial charge in [-0.15, -0.1) is 11.3 Å². The van der Waals surface area contributed by atoms with Crippen LogP contribution >= 0.6 is 11.3 Å². The molecule has 20 heavy (non-hydrogen) atoms. The van der Waals surface area contributed by atoms with Gasteiger partial charge in [-0.2, -0.15) is 0 Å². The summed E-state index contributed by atoms with van der Waals surface area (Å²) in [6.45, 7) is 1.99. The normalized spacial score (nSPS) is 11.6. The minimum atomic E-state index is -3.88. The van der Waals surface area contributed by atoms with Crippen LogP contribution in [0.5, 0.6) is 0 Å². The lowest BCUT2D eigenvalue weighted by Gasteiger charge is -2.06. The summed E-state index contributed by atoms with van der Waals surface area (Å²) in [5, 5.41) is 0. The van der Waals surface area contributed by atoms with Gasteiger partial charge in [0.15, 0.2) is 0 Å². The maximum Gasteiger partial charge on any atom is 0.271 e. The van der Waals surface area contributed by atoms with Gasteiger partial charge in [0.25, 0.3) is 10.0 Å². The van der Waals surface area contributed by atoms with Crippen molar-refractivity contribution in [2.45, 2.75) is 17.7 Å². The van der Waals surface area contributed by atoms with Gasteiger partial charge in [-0.3, -0.25) is 4.72 Å². The van der Waals surface area contributed by atoms with Gasteiger partial charge in [-0.25, -0.2) is 17.2 Å². The summed E-state index contributed by atoms with van der Waals surface area (Å²) in [6, 6.07) is 3.96. The molecule has 0 saturated heterocycles. The number of nitrogens with two attached hydrogens (primary N) is 1. The highest BCUT2D eigenvalue weighted by molar-refractivity contribution is 7.94. The molecule has 0 bridgehead atoms. The van der Waals surface area contributed by atoms with E-state index in [1.54, 1.807) is 6.92 Å². The number of hydrogen-bond donors (Lipinski definition) is 2. The molecule has 0 aliphatic heterocycles. The van der Waals surface area contributed by atoms with E-state index >= 15 is 0 Å². The smallest absolute Gasteiger partial charge is 0.271 e. The fourth-order valence-corrected chi connectivity index (χ4v) is 4.15. The van der Waals surface area contributed by atoms with E-state index in [4.69, 9.17) is 5.73 Å². The van der Waals surface area contributed by atoms with Crippen molar-refractivity contribution >= 4 is 27.0 Å². The summed E-state index contributed by atoms with van der Waals surface area (Å²) >= 11 is 1.03. The van der Waals surface area contributed by atoms with E-state index in [2.05, 4.69) is 4.72 Å². The Morgan fingerprint density at radius 1 is 1.20 bits per heavy atom. The molecule has 4 nitrogen and oxygen atoms in total. The van der Waals surface area contributed by atoms with Gasteiger partial charge >= 0.3 is 0 Å². The van der Waals surface area contributed by atoms with Crippen molar-refractivity contribution in [1.82, 2.24) is 0 Å². The second kappa shape index (κ2) is 5.47. The third-order valence-corrected chi connectivity index (χ3v) is 5.68. The first-order valence-electron chi connectivity index (χ1n) is 5.60. The highest BCUT2D eigenvalue weighted by Gasteiger charge is 2.19. The summed E-state index contributed by atoms with van der Waals surface area (Å²) in [6.07, 6.45) is 0. The number of anilines is 1. The summed E-state index contributed by atoms with van der Waals surface area (Å²) < 4.78 is 52.5. The third kappa shape index (κ3) is 3.14. The number of nitrogens with one attached hydrogen (secondary N) is 1. The van der Waals surface area contributed by atoms with Crippen molar-refractivity contribution in [3.05, 3.63) is 46.3 Å². The van der Waals surface area contributed by atoms with Gasteiger partial charge in [0, 0.05) is 17.5 Å². The van der Waals surface area contributed by atoms with Crippen LogP contribution in [0.3, 0.4) is 0 Å². The molecule has 0 aliphatic rings. The molecular formula is C12H12F2N2O2S2. The van der Waals surface area contributed by atoms with Crippen molar-refractivity contribution in [2.75, 3.05) is 4.72 Å². The lowest BCUT2D eigenvalue weighted by molar-refractivity contribution is 0.584. The molecule has 1 heterocycles. The van der Waals surface area contributed by atoms with E-state index in [-0.39, 0.29) is 16.4 Å². The zero-order valence-electron chi connectivity index (χ0n) is 10.5. The predicted molar refractivity (Wildman–Crippen MR) is 74.1 cm³/mol. The summed E-state index contributed by atoms with van der Waals surface area (Å²) in [4.78, 5) is 0.746. The van der Waals surface area contributed by atoms with E-state index in [1.807, 2.05) is 0 Å². The SMILES string of the molecule is Cc1cc(S(=O)(=O)Nc2cc(F)cc(F)c2)sc1CN. The minimum absolute atomic E-state index is 0.0557. The predicted octanol–water partition coefficient (Wildman–Crippen LogP) is 2.59. The molecule has 0 radical (unpaired) electrons.